The molecule has 1 aliphatic heterocycles. The number of nitrogens with zero attached hydrogens (tertiary/aromatic N) is 1. The monoisotopic (exact) mass is 641 g/mol. The van der Waals surface area contributed by atoms with Crippen LogP contribution in [0.5, 0.6) is 5.75 Å². The van der Waals surface area contributed by atoms with Gasteiger partial charge in [0.25, 0.3) is 11.8 Å². The van der Waals surface area contributed by atoms with Gasteiger partial charge < -0.3 is 15.4 Å². The summed E-state index contributed by atoms with van der Waals surface area (Å²) in [7, 11) is 0. The molecule has 226 valence electrons. The van der Waals surface area contributed by atoms with Crippen LogP contribution in [0.25, 0.3) is 0 Å². The van der Waals surface area contributed by atoms with Crippen molar-refractivity contribution in [3.05, 3.63) is 98.3 Å². The molecule has 43 heavy (non-hydrogen) atoms. The van der Waals surface area contributed by atoms with E-state index in [0.29, 0.717) is 34.1 Å². The summed E-state index contributed by atoms with van der Waals surface area (Å²) in [6.45, 7) is 10.4. The number of hydrogen-bond donors (Lipinski definition) is 2. The summed E-state index contributed by atoms with van der Waals surface area (Å²) < 4.78 is 6.11. The molecule has 0 spiro atoms. The quantitative estimate of drug-likeness (QED) is 0.232. The summed E-state index contributed by atoms with van der Waals surface area (Å²) in [5.74, 6) is -0.430. The van der Waals surface area contributed by atoms with Gasteiger partial charge in [0.2, 0.25) is 5.91 Å². The average Bonchev–Trinajstić information content (AvgIpc) is 3.30. The number of ether oxygens (including phenoxy) is 1. The van der Waals surface area contributed by atoms with Crippen molar-refractivity contribution in [2.45, 2.75) is 65.4 Å². The topological polar surface area (TPSA) is 87.7 Å². The van der Waals surface area contributed by atoms with Gasteiger partial charge in [-0.05, 0) is 72.7 Å². The van der Waals surface area contributed by atoms with Crippen molar-refractivity contribution in [2.75, 3.05) is 10.2 Å². The van der Waals surface area contributed by atoms with Gasteiger partial charge in [-0.3, -0.25) is 19.3 Å². The molecule has 0 saturated heterocycles. The van der Waals surface area contributed by atoms with E-state index in [-0.39, 0.29) is 39.4 Å². The largest absolute Gasteiger partial charge is 0.480 e. The Kier molecular flexibility index (Phi) is 10.1. The number of carbonyl (C=O) groups is 3. The van der Waals surface area contributed by atoms with E-state index in [1.807, 2.05) is 26.0 Å². The van der Waals surface area contributed by atoms with Gasteiger partial charge in [-0.2, -0.15) is 0 Å². The van der Waals surface area contributed by atoms with Gasteiger partial charge in [0.1, 0.15) is 5.75 Å². The fourth-order valence-corrected chi connectivity index (χ4v) is 5.61. The van der Waals surface area contributed by atoms with Gasteiger partial charge in [-0.15, -0.1) is 0 Å². The maximum Gasteiger partial charge on any atom is 0.265 e. The smallest absolute Gasteiger partial charge is 0.265 e. The minimum absolute atomic E-state index is 0.0451. The molecule has 0 aliphatic carbocycles. The van der Waals surface area contributed by atoms with Crippen LogP contribution in [0.15, 0.2) is 66.5 Å². The van der Waals surface area contributed by atoms with Crippen LogP contribution in [0.1, 0.15) is 68.4 Å². The minimum atomic E-state index is -0.728. The van der Waals surface area contributed by atoms with E-state index in [2.05, 4.69) is 37.5 Å². The zero-order valence-electron chi connectivity index (χ0n) is 24.7. The Morgan fingerprint density at radius 3 is 2.33 bits per heavy atom. The standard InChI is InChI=1S/C33H34Cl3N3O4/c1-6-27(43-28-12-11-21(13-19(28)3)33(4,5)7-2)32(42)37-23-10-8-9-20(14-23)31(41)38-24-17-29(40)39(18-24)30-25(35)15-22(34)16-26(30)36/h8-16,18,27H,6-7,17H2,1-5H3,(H,37,42)(H,38,41). The van der Waals surface area contributed by atoms with Crippen molar-refractivity contribution in [1.29, 1.82) is 0 Å². The lowest BCUT2D eigenvalue weighted by Gasteiger charge is -2.25. The third-order valence-corrected chi connectivity index (χ3v) is 8.35. The van der Waals surface area contributed by atoms with Crippen LogP contribution in [0, 0.1) is 6.92 Å². The molecule has 0 radical (unpaired) electrons. The molecule has 0 aromatic heterocycles. The molecule has 3 aromatic rings. The highest BCUT2D eigenvalue weighted by Crippen LogP contribution is 2.39. The van der Waals surface area contributed by atoms with Crippen LogP contribution in [-0.4, -0.2) is 23.8 Å². The fourth-order valence-electron chi connectivity index (χ4n) is 4.61. The second-order valence-electron chi connectivity index (χ2n) is 11.1. The number of rotatable bonds is 10. The van der Waals surface area contributed by atoms with Crippen LogP contribution in [0.3, 0.4) is 0 Å². The number of anilines is 2. The maximum absolute atomic E-state index is 13.2. The highest BCUT2D eigenvalue weighted by molar-refractivity contribution is 6.42. The molecule has 3 aromatic carbocycles. The first-order valence-corrected chi connectivity index (χ1v) is 15.1. The van der Waals surface area contributed by atoms with Crippen LogP contribution >= 0.6 is 34.8 Å². The Morgan fingerprint density at radius 2 is 1.70 bits per heavy atom. The van der Waals surface area contributed by atoms with Crippen molar-refractivity contribution < 1.29 is 19.1 Å². The number of amides is 3. The second kappa shape index (κ2) is 13.4. The summed E-state index contributed by atoms with van der Waals surface area (Å²) in [6.07, 6.45) is 2.16. The molecule has 1 unspecified atom stereocenters. The van der Waals surface area contributed by atoms with Gasteiger partial charge >= 0.3 is 0 Å². The predicted molar refractivity (Wildman–Crippen MR) is 173 cm³/mol. The Bertz CT molecular complexity index is 1580. The second-order valence-corrected chi connectivity index (χ2v) is 12.3. The highest BCUT2D eigenvalue weighted by Gasteiger charge is 2.28. The number of aryl methyl sites for hydroxylation is 1. The molecule has 3 amide bonds. The van der Waals surface area contributed by atoms with Gasteiger partial charge in [0.15, 0.2) is 6.10 Å². The maximum atomic E-state index is 13.2. The first-order valence-electron chi connectivity index (χ1n) is 14.0. The Balaban J connectivity index is 1.43. The number of halogens is 3. The third kappa shape index (κ3) is 7.53. The lowest BCUT2D eigenvalue weighted by atomic mass is 9.81. The Hall–Kier alpha value is -3.52. The zero-order valence-corrected chi connectivity index (χ0v) is 27.0. The summed E-state index contributed by atoms with van der Waals surface area (Å²) >= 11 is 18.5. The molecule has 0 bridgehead atoms. The molecule has 2 N–H and O–H groups in total. The first kappa shape index (κ1) is 32.4. The number of benzene rings is 3. The molecule has 7 nitrogen and oxygen atoms in total. The summed E-state index contributed by atoms with van der Waals surface area (Å²) in [4.78, 5) is 40.2. The van der Waals surface area contributed by atoms with E-state index in [1.54, 1.807) is 24.3 Å². The lowest BCUT2D eigenvalue weighted by molar-refractivity contribution is -0.122. The molecule has 0 fully saturated rings. The van der Waals surface area contributed by atoms with Gasteiger partial charge in [0, 0.05) is 28.2 Å². The molecular weight excluding hydrogens is 609 g/mol. The van der Waals surface area contributed by atoms with E-state index in [9.17, 15) is 14.4 Å². The molecular formula is C33H34Cl3N3O4. The summed E-state index contributed by atoms with van der Waals surface area (Å²) in [5, 5.41) is 6.37. The number of hydrogen-bond acceptors (Lipinski definition) is 4. The fraction of sp³-hybridized carbons (Fsp3) is 0.303. The van der Waals surface area contributed by atoms with Crippen LogP contribution in [0.4, 0.5) is 11.4 Å². The minimum Gasteiger partial charge on any atom is -0.480 e. The molecule has 0 saturated carbocycles. The summed E-state index contributed by atoms with van der Waals surface area (Å²) in [6, 6.07) is 15.6. The molecule has 1 atom stereocenters. The van der Waals surface area contributed by atoms with Crippen LogP contribution in [0.2, 0.25) is 15.1 Å². The predicted octanol–water partition coefficient (Wildman–Crippen LogP) is 8.45. The number of nitrogens with one attached hydrogen (secondary N) is 2. The van der Waals surface area contributed by atoms with Crippen molar-refractivity contribution in [3.8, 4) is 5.75 Å². The molecule has 1 aliphatic rings. The third-order valence-electron chi connectivity index (χ3n) is 7.56. The van der Waals surface area contributed by atoms with E-state index >= 15 is 0 Å². The van der Waals surface area contributed by atoms with Crippen LogP contribution in [-0.2, 0) is 15.0 Å². The van der Waals surface area contributed by atoms with E-state index in [4.69, 9.17) is 39.5 Å². The van der Waals surface area contributed by atoms with Crippen molar-refractivity contribution in [2.24, 2.45) is 0 Å². The van der Waals surface area contributed by atoms with Gasteiger partial charge in [-0.1, -0.05) is 80.7 Å². The van der Waals surface area contributed by atoms with Gasteiger partial charge in [-0.25, -0.2) is 0 Å². The van der Waals surface area contributed by atoms with E-state index < -0.39 is 12.0 Å². The molecule has 1 heterocycles. The molecule has 4 rings (SSSR count). The van der Waals surface area contributed by atoms with Crippen molar-refractivity contribution >= 4 is 63.9 Å². The highest BCUT2D eigenvalue weighted by atomic mass is 35.5. The first-order chi connectivity index (χ1) is 20.3. The average molecular weight is 643 g/mol. The van der Waals surface area contributed by atoms with E-state index in [1.165, 1.54) is 28.8 Å². The Morgan fingerprint density at radius 1 is 1.00 bits per heavy atom. The number of carbonyl (C=O) groups excluding carboxylic acids is 3. The zero-order chi connectivity index (χ0) is 31.5. The van der Waals surface area contributed by atoms with Gasteiger partial charge in [0.05, 0.1) is 22.2 Å². The van der Waals surface area contributed by atoms with Crippen LogP contribution < -0.4 is 20.3 Å². The van der Waals surface area contributed by atoms with Crippen molar-refractivity contribution in [3.63, 3.8) is 0 Å². The molecule has 10 heteroatoms. The lowest BCUT2D eigenvalue weighted by Crippen LogP contribution is -2.32. The summed E-state index contributed by atoms with van der Waals surface area (Å²) in [5.41, 5.74) is 3.62. The van der Waals surface area contributed by atoms with E-state index in [0.717, 1.165) is 12.0 Å². The Labute approximate surface area is 267 Å². The van der Waals surface area contributed by atoms with Crippen molar-refractivity contribution in [1.82, 2.24) is 5.32 Å². The SMILES string of the molecule is CCC(Oc1ccc(C(C)(C)CC)cc1C)C(=O)Nc1cccc(C(=O)NC2=CN(c3c(Cl)cc(Cl)cc3Cl)C(=O)C2)c1. The normalized spacial score (nSPS) is 13.9.